The fraction of sp³-hybridized carbons (Fsp3) is 0.0980. The minimum atomic E-state index is -0.131. The number of aryl methyl sites for hydroxylation is 2. The highest BCUT2D eigenvalue weighted by molar-refractivity contribution is 7.25. The molecule has 258 valence electrons. The number of hydrogen-bond donors (Lipinski definition) is 0. The third-order valence-corrected chi connectivity index (χ3v) is 13.1. The van der Waals surface area contributed by atoms with E-state index in [4.69, 9.17) is 0 Å². The lowest BCUT2D eigenvalue weighted by Crippen LogP contribution is -2.27. The van der Waals surface area contributed by atoms with E-state index in [1.54, 1.807) is 0 Å². The zero-order chi connectivity index (χ0) is 35.6. The molecule has 0 radical (unpaired) electrons. The molecule has 1 aromatic heterocycles. The summed E-state index contributed by atoms with van der Waals surface area (Å²) in [7, 11) is 0. The number of benzene rings is 8. The molecule has 1 spiro atoms. The predicted molar refractivity (Wildman–Crippen MR) is 230 cm³/mol. The topological polar surface area (TPSA) is 6.48 Å². The molecule has 54 heavy (non-hydrogen) atoms. The van der Waals surface area contributed by atoms with Crippen molar-refractivity contribution in [1.82, 2.24) is 0 Å². The summed E-state index contributed by atoms with van der Waals surface area (Å²) >= 11 is 1.88. The Labute approximate surface area is 320 Å². The summed E-state index contributed by atoms with van der Waals surface area (Å²) in [5.74, 6) is 0. The van der Waals surface area contributed by atoms with Gasteiger partial charge in [0.2, 0.25) is 0 Å². The number of fused-ring (bicyclic) bond motifs is 8. The fourth-order valence-corrected chi connectivity index (χ4v) is 10.8. The molecule has 1 atom stereocenters. The Kier molecular flexibility index (Phi) is 7.25. The zero-order valence-electron chi connectivity index (χ0n) is 30.0. The maximum atomic E-state index is 2.57. The molecule has 1 heterocycles. The summed E-state index contributed by atoms with van der Waals surface area (Å²) in [5.41, 5.74) is 13.1. The van der Waals surface area contributed by atoms with Gasteiger partial charge in [-0.3, -0.25) is 0 Å². The zero-order valence-corrected chi connectivity index (χ0v) is 30.8. The second kappa shape index (κ2) is 12.5. The molecule has 11 rings (SSSR count). The van der Waals surface area contributed by atoms with Crippen molar-refractivity contribution in [2.24, 2.45) is 0 Å². The molecular weight excluding hydrogens is 673 g/mol. The summed E-state index contributed by atoms with van der Waals surface area (Å²) in [6, 6.07) is 67.6. The molecule has 8 aromatic carbocycles. The van der Waals surface area contributed by atoms with Gasteiger partial charge in [-0.15, -0.1) is 11.3 Å². The highest BCUT2D eigenvalue weighted by Crippen LogP contribution is 2.60. The molecule has 2 aliphatic rings. The monoisotopic (exact) mass is 710 g/mol. The van der Waals surface area contributed by atoms with Crippen molar-refractivity contribution in [3.8, 4) is 0 Å². The van der Waals surface area contributed by atoms with E-state index in [-0.39, 0.29) is 5.41 Å². The summed E-state index contributed by atoms with van der Waals surface area (Å²) in [6.07, 6.45) is 4.33. The molecule has 0 amide bonds. The van der Waals surface area contributed by atoms with Gasteiger partial charge < -0.3 is 9.80 Å². The maximum absolute atomic E-state index is 2.57. The van der Waals surface area contributed by atoms with E-state index < -0.39 is 0 Å². The second-order valence-electron chi connectivity index (χ2n) is 14.9. The van der Waals surface area contributed by atoms with Gasteiger partial charge in [0.15, 0.2) is 0 Å². The first-order valence-electron chi connectivity index (χ1n) is 19.1. The third kappa shape index (κ3) is 4.85. The van der Waals surface area contributed by atoms with Crippen molar-refractivity contribution in [3.63, 3.8) is 0 Å². The third-order valence-electron chi connectivity index (χ3n) is 12.0. The SMILES string of the molecule is c1ccc(N(c2ccccc2)c2cccc3c2[C@@]2(CC3)CCc3cccc(N(c4ccc5ccccc5c4)c4ccc5sc6ccccc6c5c4)c32)cc1. The molecule has 0 aliphatic heterocycles. The lowest BCUT2D eigenvalue weighted by Gasteiger charge is -2.37. The smallest absolute Gasteiger partial charge is 0.0505 e. The molecule has 0 unspecified atom stereocenters. The van der Waals surface area contributed by atoms with Crippen molar-refractivity contribution in [2.75, 3.05) is 9.80 Å². The summed E-state index contributed by atoms with van der Waals surface area (Å²) < 4.78 is 2.65. The van der Waals surface area contributed by atoms with Crippen LogP contribution in [0.3, 0.4) is 0 Å². The van der Waals surface area contributed by atoms with Gasteiger partial charge >= 0.3 is 0 Å². The van der Waals surface area contributed by atoms with Crippen LogP contribution in [0.2, 0.25) is 0 Å². The van der Waals surface area contributed by atoms with Gasteiger partial charge in [-0.1, -0.05) is 109 Å². The molecular formula is C51H38N2S. The van der Waals surface area contributed by atoms with E-state index in [1.807, 2.05) is 11.3 Å². The molecule has 2 nitrogen and oxygen atoms in total. The van der Waals surface area contributed by atoms with Gasteiger partial charge in [0.1, 0.15) is 0 Å². The van der Waals surface area contributed by atoms with Crippen LogP contribution in [0.25, 0.3) is 30.9 Å². The lowest BCUT2D eigenvalue weighted by molar-refractivity contribution is 0.508. The summed E-state index contributed by atoms with van der Waals surface area (Å²) in [6.45, 7) is 0. The number of nitrogens with zero attached hydrogens (tertiary/aromatic N) is 2. The largest absolute Gasteiger partial charge is 0.310 e. The van der Waals surface area contributed by atoms with E-state index in [0.717, 1.165) is 25.7 Å². The van der Waals surface area contributed by atoms with E-state index in [9.17, 15) is 0 Å². The standard InChI is InChI=1S/C51H38N2S/c1-3-17-39(18-4-1)52(40-19-5-2-6-20-40)45-22-11-15-36-29-31-51(49(36)45)32-30-37-16-12-23-46(50(37)51)53(41-26-25-35-13-7-8-14-38(35)33-41)42-27-28-48-44(34-42)43-21-9-10-24-47(43)54-48/h1-28,33-34H,29-32H2/t51-/m1/s1. The van der Waals surface area contributed by atoms with Gasteiger partial charge in [0, 0.05) is 48.3 Å². The number of thiophene rings is 1. The first kappa shape index (κ1) is 31.4. The average Bonchev–Trinajstić information content (AvgIpc) is 3.93. The molecule has 0 fully saturated rings. The first-order valence-corrected chi connectivity index (χ1v) is 19.9. The van der Waals surface area contributed by atoms with Gasteiger partial charge in [0.25, 0.3) is 0 Å². The lowest BCUT2D eigenvalue weighted by atomic mass is 9.74. The van der Waals surface area contributed by atoms with Gasteiger partial charge in [0.05, 0.1) is 11.4 Å². The van der Waals surface area contributed by atoms with Crippen molar-refractivity contribution >= 4 is 76.4 Å². The van der Waals surface area contributed by atoms with E-state index in [2.05, 4.69) is 192 Å². The van der Waals surface area contributed by atoms with E-state index in [1.165, 1.54) is 87.3 Å². The predicted octanol–water partition coefficient (Wildman–Crippen LogP) is 14.3. The number of rotatable bonds is 6. The van der Waals surface area contributed by atoms with Crippen LogP contribution in [0.1, 0.15) is 35.1 Å². The molecule has 0 N–H and O–H groups in total. The quantitative estimate of drug-likeness (QED) is 0.169. The van der Waals surface area contributed by atoms with Crippen LogP contribution in [-0.4, -0.2) is 0 Å². The Balaban J connectivity index is 1.16. The van der Waals surface area contributed by atoms with Crippen LogP contribution in [0, 0.1) is 0 Å². The minimum Gasteiger partial charge on any atom is -0.310 e. The molecule has 0 bridgehead atoms. The molecule has 3 heteroatoms. The Bertz CT molecular complexity index is 2810. The molecule has 9 aromatic rings. The van der Waals surface area contributed by atoms with Gasteiger partial charge in [-0.2, -0.15) is 0 Å². The Morgan fingerprint density at radius 2 is 0.926 bits per heavy atom. The Hall–Kier alpha value is -6.16. The van der Waals surface area contributed by atoms with Crippen molar-refractivity contribution < 1.29 is 0 Å². The summed E-state index contributed by atoms with van der Waals surface area (Å²) in [5, 5.41) is 5.14. The molecule has 0 saturated heterocycles. The Morgan fingerprint density at radius 3 is 1.61 bits per heavy atom. The first-order chi connectivity index (χ1) is 26.7. The van der Waals surface area contributed by atoms with Gasteiger partial charge in [-0.25, -0.2) is 0 Å². The van der Waals surface area contributed by atoms with Crippen LogP contribution in [0.5, 0.6) is 0 Å². The highest BCUT2D eigenvalue weighted by Gasteiger charge is 2.49. The molecule has 2 aliphatic carbocycles. The fourth-order valence-electron chi connectivity index (χ4n) is 9.69. The Morgan fingerprint density at radius 1 is 0.389 bits per heavy atom. The van der Waals surface area contributed by atoms with Crippen LogP contribution in [0.15, 0.2) is 182 Å². The number of hydrogen-bond acceptors (Lipinski definition) is 3. The van der Waals surface area contributed by atoms with E-state index in [0.29, 0.717) is 0 Å². The molecule has 0 saturated carbocycles. The van der Waals surface area contributed by atoms with Crippen LogP contribution < -0.4 is 9.80 Å². The second-order valence-corrected chi connectivity index (χ2v) is 15.9. The van der Waals surface area contributed by atoms with Crippen LogP contribution in [0.4, 0.5) is 34.1 Å². The minimum absolute atomic E-state index is 0.131. The number of para-hydroxylation sites is 2. The normalized spacial score (nSPS) is 15.9. The highest BCUT2D eigenvalue weighted by atomic mass is 32.1. The maximum Gasteiger partial charge on any atom is 0.0505 e. The van der Waals surface area contributed by atoms with Gasteiger partial charge in [-0.05, 0) is 132 Å². The van der Waals surface area contributed by atoms with Crippen molar-refractivity contribution in [2.45, 2.75) is 31.1 Å². The van der Waals surface area contributed by atoms with Crippen LogP contribution >= 0.6 is 11.3 Å². The number of anilines is 6. The van der Waals surface area contributed by atoms with Crippen molar-refractivity contribution in [3.05, 3.63) is 204 Å². The summed E-state index contributed by atoms with van der Waals surface area (Å²) in [4.78, 5) is 5.06. The van der Waals surface area contributed by atoms with Crippen LogP contribution in [-0.2, 0) is 18.3 Å². The average molecular weight is 711 g/mol. The van der Waals surface area contributed by atoms with Crippen molar-refractivity contribution in [1.29, 1.82) is 0 Å². The van der Waals surface area contributed by atoms with E-state index >= 15 is 0 Å².